The van der Waals surface area contributed by atoms with Crippen LogP contribution in [0.2, 0.25) is 0 Å². The Morgan fingerprint density at radius 2 is 1.72 bits per heavy atom. The Kier molecular flexibility index (Phi) is 7.41. The summed E-state index contributed by atoms with van der Waals surface area (Å²) in [4.78, 5) is 15.7. The predicted octanol–water partition coefficient (Wildman–Crippen LogP) is 7.52. The van der Waals surface area contributed by atoms with Crippen LogP contribution in [0.3, 0.4) is 0 Å². The predicted molar refractivity (Wildman–Crippen MR) is 127 cm³/mol. The lowest BCUT2D eigenvalue weighted by molar-refractivity contribution is 0.627. The lowest BCUT2D eigenvalue weighted by Crippen LogP contribution is -2.09. The van der Waals surface area contributed by atoms with Crippen LogP contribution in [-0.2, 0) is 19.3 Å². The fourth-order valence-electron chi connectivity index (χ4n) is 4.51. The normalized spacial score (nSPS) is 14.0. The third-order valence-corrected chi connectivity index (χ3v) is 8.28. The Labute approximate surface area is 183 Å². The second-order valence-electron chi connectivity index (χ2n) is 8.23. The van der Waals surface area contributed by atoms with Gasteiger partial charge in [0, 0.05) is 11.1 Å². The summed E-state index contributed by atoms with van der Waals surface area (Å²) in [6, 6.07) is 0. The highest BCUT2D eigenvalue weighted by molar-refractivity contribution is 7.99. The van der Waals surface area contributed by atoms with Crippen molar-refractivity contribution in [3.8, 4) is 0 Å². The Morgan fingerprint density at radius 1 is 0.931 bits per heavy atom. The molecule has 0 spiro atoms. The summed E-state index contributed by atoms with van der Waals surface area (Å²) in [6.45, 7) is 4.53. The monoisotopic (exact) mass is 427 g/mol. The van der Waals surface area contributed by atoms with Crippen molar-refractivity contribution in [2.24, 2.45) is 0 Å². The van der Waals surface area contributed by atoms with Gasteiger partial charge in [-0.05, 0) is 55.4 Å². The van der Waals surface area contributed by atoms with Gasteiger partial charge in [0.25, 0.3) is 0 Å². The molecule has 0 amide bonds. The minimum atomic E-state index is 1.10. The standard InChI is InChI=1S/C24H33N3S2/c1-3-5-6-7-8-11-15-28-24-22-21(25-16-26-24)20-18-14-10-9-13-17(18)19(12-4-2)27-23(20)29-22/h16H,3-15H2,1-2H3. The first-order valence-electron chi connectivity index (χ1n) is 11.5. The van der Waals surface area contributed by atoms with Crippen LogP contribution in [0.1, 0.15) is 88.5 Å². The molecule has 0 aliphatic heterocycles. The van der Waals surface area contributed by atoms with E-state index in [-0.39, 0.29) is 0 Å². The van der Waals surface area contributed by atoms with Gasteiger partial charge in [0.15, 0.2) is 0 Å². The summed E-state index contributed by atoms with van der Waals surface area (Å²) in [7, 11) is 0. The van der Waals surface area contributed by atoms with Crippen molar-refractivity contribution < 1.29 is 0 Å². The highest BCUT2D eigenvalue weighted by Gasteiger charge is 2.22. The first-order valence-corrected chi connectivity index (χ1v) is 13.3. The summed E-state index contributed by atoms with van der Waals surface area (Å²) in [5.41, 5.74) is 5.57. The van der Waals surface area contributed by atoms with Gasteiger partial charge in [-0.1, -0.05) is 52.4 Å². The molecule has 5 heteroatoms. The van der Waals surface area contributed by atoms with Crippen molar-refractivity contribution in [3.05, 3.63) is 23.1 Å². The van der Waals surface area contributed by atoms with Gasteiger partial charge in [-0.15, -0.1) is 23.1 Å². The summed E-state index contributed by atoms with van der Waals surface area (Å²) in [5.74, 6) is 1.15. The van der Waals surface area contributed by atoms with E-state index in [1.807, 2.05) is 23.1 Å². The van der Waals surface area contributed by atoms with Gasteiger partial charge < -0.3 is 0 Å². The lowest BCUT2D eigenvalue weighted by atomic mass is 9.88. The average molecular weight is 428 g/mol. The largest absolute Gasteiger partial charge is 0.242 e. The molecule has 1 aliphatic rings. The van der Waals surface area contributed by atoms with Crippen LogP contribution < -0.4 is 0 Å². The fraction of sp³-hybridized carbons (Fsp3) is 0.625. The number of hydrogen-bond donors (Lipinski definition) is 0. The third-order valence-electron chi connectivity index (χ3n) is 6.00. The van der Waals surface area contributed by atoms with E-state index in [9.17, 15) is 0 Å². The molecule has 4 rings (SSSR count). The molecule has 29 heavy (non-hydrogen) atoms. The molecule has 0 saturated carbocycles. The minimum Gasteiger partial charge on any atom is -0.242 e. The van der Waals surface area contributed by atoms with Crippen LogP contribution in [0.25, 0.3) is 20.4 Å². The summed E-state index contributed by atoms with van der Waals surface area (Å²) in [6.07, 6.45) is 17.0. The number of nitrogens with zero attached hydrogens (tertiary/aromatic N) is 3. The quantitative estimate of drug-likeness (QED) is 0.190. The van der Waals surface area contributed by atoms with Crippen LogP contribution in [0, 0.1) is 0 Å². The number of pyridine rings is 1. The molecule has 0 radical (unpaired) electrons. The highest BCUT2D eigenvalue weighted by Crippen LogP contribution is 2.41. The van der Waals surface area contributed by atoms with E-state index >= 15 is 0 Å². The number of fused-ring (bicyclic) bond motifs is 5. The molecule has 1 aliphatic carbocycles. The van der Waals surface area contributed by atoms with Gasteiger partial charge in [-0.3, -0.25) is 0 Å². The molecular formula is C24H33N3S2. The van der Waals surface area contributed by atoms with Gasteiger partial charge in [0.2, 0.25) is 0 Å². The molecule has 0 aromatic carbocycles. The molecule has 156 valence electrons. The van der Waals surface area contributed by atoms with E-state index in [2.05, 4.69) is 18.8 Å². The van der Waals surface area contributed by atoms with E-state index in [1.165, 1.54) is 90.4 Å². The van der Waals surface area contributed by atoms with E-state index in [0.29, 0.717) is 0 Å². The Balaban J connectivity index is 1.60. The van der Waals surface area contributed by atoms with Gasteiger partial charge in [0.05, 0.1) is 10.2 Å². The summed E-state index contributed by atoms with van der Waals surface area (Å²) < 4.78 is 1.26. The van der Waals surface area contributed by atoms with Gasteiger partial charge in [-0.25, -0.2) is 15.0 Å². The van der Waals surface area contributed by atoms with Crippen LogP contribution in [-0.4, -0.2) is 20.7 Å². The number of unbranched alkanes of at least 4 members (excludes halogenated alkanes) is 5. The number of hydrogen-bond acceptors (Lipinski definition) is 5. The number of thioether (sulfide) groups is 1. The van der Waals surface area contributed by atoms with Crippen molar-refractivity contribution >= 4 is 43.5 Å². The maximum absolute atomic E-state index is 5.14. The molecule has 0 atom stereocenters. The van der Waals surface area contributed by atoms with Crippen molar-refractivity contribution in [1.29, 1.82) is 0 Å². The van der Waals surface area contributed by atoms with E-state index < -0.39 is 0 Å². The van der Waals surface area contributed by atoms with E-state index in [1.54, 1.807) is 11.9 Å². The van der Waals surface area contributed by atoms with Gasteiger partial charge >= 0.3 is 0 Å². The number of aryl methyl sites for hydroxylation is 2. The second-order valence-corrected chi connectivity index (χ2v) is 10.3. The molecule has 0 N–H and O–H groups in total. The second kappa shape index (κ2) is 10.2. The van der Waals surface area contributed by atoms with Crippen molar-refractivity contribution in [3.63, 3.8) is 0 Å². The Bertz CT molecular complexity index is 964. The van der Waals surface area contributed by atoms with Crippen LogP contribution in [0.4, 0.5) is 0 Å². The van der Waals surface area contributed by atoms with Crippen molar-refractivity contribution in [1.82, 2.24) is 15.0 Å². The number of rotatable bonds is 10. The molecule has 0 saturated heterocycles. The number of aromatic nitrogens is 3. The maximum Gasteiger partial charge on any atom is 0.126 e. The topological polar surface area (TPSA) is 38.7 Å². The first kappa shape index (κ1) is 21.0. The molecule has 3 aromatic heterocycles. The zero-order valence-electron chi connectivity index (χ0n) is 17.9. The molecule has 0 fully saturated rings. The van der Waals surface area contributed by atoms with Crippen LogP contribution in [0.15, 0.2) is 11.4 Å². The Morgan fingerprint density at radius 3 is 2.55 bits per heavy atom. The minimum absolute atomic E-state index is 1.10. The smallest absolute Gasteiger partial charge is 0.126 e. The third kappa shape index (κ3) is 4.61. The zero-order chi connectivity index (χ0) is 20.1. The zero-order valence-corrected chi connectivity index (χ0v) is 19.6. The molecule has 3 aromatic rings. The van der Waals surface area contributed by atoms with Crippen molar-refractivity contribution in [2.75, 3.05) is 5.75 Å². The molecule has 0 bridgehead atoms. The molecule has 3 nitrogen and oxygen atoms in total. The fourth-order valence-corrected chi connectivity index (χ4v) is 6.77. The van der Waals surface area contributed by atoms with E-state index in [4.69, 9.17) is 9.97 Å². The van der Waals surface area contributed by atoms with Crippen molar-refractivity contribution in [2.45, 2.75) is 95.9 Å². The Hall–Kier alpha value is -1.20. The number of thiophene rings is 1. The average Bonchev–Trinajstić information content (AvgIpc) is 3.13. The van der Waals surface area contributed by atoms with E-state index in [0.717, 1.165) is 29.1 Å². The molecule has 0 unspecified atom stereocenters. The summed E-state index contributed by atoms with van der Waals surface area (Å²) >= 11 is 3.73. The lowest BCUT2D eigenvalue weighted by Gasteiger charge is -2.19. The SMILES string of the molecule is CCCCCCCCSc1ncnc2c1sc1nc(CCC)c3c(c12)CCCC3. The molecular weight excluding hydrogens is 394 g/mol. The maximum atomic E-state index is 5.14. The van der Waals surface area contributed by atoms with Crippen LogP contribution >= 0.6 is 23.1 Å². The molecule has 3 heterocycles. The van der Waals surface area contributed by atoms with Gasteiger partial charge in [-0.2, -0.15) is 0 Å². The van der Waals surface area contributed by atoms with Crippen LogP contribution in [0.5, 0.6) is 0 Å². The highest BCUT2D eigenvalue weighted by atomic mass is 32.2. The van der Waals surface area contributed by atoms with Gasteiger partial charge in [0.1, 0.15) is 16.2 Å². The first-order chi connectivity index (χ1) is 14.3. The summed E-state index contributed by atoms with van der Waals surface area (Å²) in [5, 5.41) is 2.50.